The first kappa shape index (κ1) is 10.2. The van der Waals surface area contributed by atoms with Gasteiger partial charge in [-0.25, -0.2) is 0 Å². The second-order valence-electron chi connectivity index (χ2n) is 4.92. The summed E-state index contributed by atoms with van der Waals surface area (Å²) in [5.74, 6) is 1.19. The highest BCUT2D eigenvalue weighted by molar-refractivity contribution is 6.92. The molecule has 2 saturated carbocycles. The molecule has 0 aliphatic heterocycles. The van der Waals surface area contributed by atoms with Gasteiger partial charge in [-0.1, -0.05) is 20.8 Å². The van der Waals surface area contributed by atoms with Crippen molar-refractivity contribution in [3.8, 4) is 0 Å². The van der Waals surface area contributed by atoms with E-state index in [1.165, 1.54) is 6.42 Å². The molecule has 1 nitrogen and oxygen atoms in total. The maximum atomic E-state index is 11.6. The van der Waals surface area contributed by atoms with Gasteiger partial charge in [-0.15, -0.1) is 0 Å². The molecule has 0 spiro atoms. The fourth-order valence-corrected chi connectivity index (χ4v) is 2.90. The summed E-state index contributed by atoms with van der Waals surface area (Å²) in [5.41, 5.74) is 0.307. The van der Waals surface area contributed by atoms with Crippen molar-refractivity contribution < 1.29 is 4.79 Å². The van der Waals surface area contributed by atoms with Crippen LogP contribution in [0.25, 0.3) is 0 Å². The van der Waals surface area contributed by atoms with Crippen LogP contribution in [0, 0.1) is 16.7 Å². The molecule has 2 aliphatic rings. The average Bonchev–Trinajstić information content (AvgIpc) is 2.20. The lowest BCUT2D eigenvalue weighted by Gasteiger charge is -2.32. The summed E-state index contributed by atoms with van der Waals surface area (Å²) in [6.45, 7) is 6.67. The molecule has 12 heavy (non-hydrogen) atoms. The van der Waals surface area contributed by atoms with Crippen molar-refractivity contribution in [2.45, 2.75) is 40.0 Å². The van der Waals surface area contributed by atoms with Crippen LogP contribution in [0.2, 0.25) is 0 Å². The summed E-state index contributed by atoms with van der Waals surface area (Å²) in [6.07, 6.45) is 3.25. The Kier molecular flexibility index (Phi) is 2.16. The van der Waals surface area contributed by atoms with Crippen LogP contribution in [0.5, 0.6) is 0 Å². The van der Waals surface area contributed by atoms with E-state index in [9.17, 15) is 4.79 Å². The molecular formula is C10H19OP. The van der Waals surface area contributed by atoms with E-state index in [1.807, 2.05) is 0 Å². The molecule has 0 radical (unpaired) electrons. The van der Waals surface area contributed by atoms with Crippen molar-refractivity contribution >= 4 is 15.7 Å². The molecule has 2 rings (SSSR count). The summed E-state index contributed by atoms with van der Waals surface area (Å²) in [5, 5.41) is 0. The second kappa shape index (κ2) is 2.54. The van der Waals surface area contributed by atoms with Crippen LogP contribution < -0.4 is 0 Å². The molecule has 2 heteroatoms. The smallest absolute Gasteiger partial charge is 0.139 e. The second-order valence-corrected chi connectivity index (χ2v) is 4.92. The van der Waals surface area contributed by atoms with Crippen LogP contribution in [0.15, 0.2) is 0 Å². The normalized spacial score (nSPS) is 42.9. The Hall–Kier alpha value is 0.100. The Labute approximate surface area is 77.9 Å². The van der Waals surface area contributed by atoms with Gasteiger partial charge in [-0.05, 0) is 24.2 Å². The lowest BCUT2D eigenvalue weighted by molar-refractivity contribution is -0.128. The van der Waals surface area contributed by atoms with E-state index >= 15 is 0 Å². The first-order valence-electron chi connectivity index (χ1n) is 4.52. The van der Waals surface area contributed by atoms with Gasteiger partial charge >= 0.3 is 0 Å². The van der Waals surface area contributed by atoms with Crippen molar-refractivity contribution in [3.05, 3.63) is 0 Å². The van der Waals surface area contributed by atoms with E-state index in [4.69, 9.17) is 0 Å². The van der Waals surface area contributed by atoms with Crippen molar-refractivity contribution in [2.75, 3.05) is 0 Å². The van der Waals surface area contributed by atoms with Crippen LogP contribution >= 0.6 is 9.90 Å². The number of ketones is 1. The highest BCUT2D eigenvalue weighted by atomic mass is 31.0. The molecule has 0 saturated heterocycles. The standard InChI is InChI=1S/C10H16O.H3P/c1-9(2)7-4-5-10(9,3)8(11)6-7;/h7H,4-6H2,1-3H3;1H3. The third-order valence-corrected chi connectivity index (χ3v) is 4.48. The molecule has 0 aromatic rings. The number of rotatable bonds is 0. The van der Waals surface area contributed by atoms with Gasteiger partial charge in [-0.3, -0.25) is 4.79 Å². The van der Waals surface area contributed by atoms with Gasteiger partial charge in [0.2, 0.25) is 0 Å². The van der Waals surface area contributed by atoms with Crippen molar-refractivity contribution in [3.63, 3.8) is 0 Å². The number of carbonyl (C=O) groups is 1. The van der Waals surface area contributed by atoms with Crippen molar-refractivity contribution in [1.29, 1.82) is 0 Å². The predicted octanol–water partition coefficient (Wildman–Crippen LogP) is 2.46. The molecule has 0 amide bonds. The zero-order valence-corrected chi connectivity index (χ0v) is 9.73. The number of carbonyl (C=O) groups excluding carboxylic acids is 1. The van der Waals surface area contributed by atoms with Gasteiger partial charge in [-0.2, -0.15) is 9.90 Å². The summed E-state index contributed by atoms with van der Waals surface area (Å²) in [6, 6.07) is 0. The predicted molar refractivity (Wildman–Crippen MR) is 55.3 cm³/mol. The third-order valence-electron chi connectivity index (χ3n) is 4.48. The summed E-state index contributed by atoms with van der Waals surface area (Å²) in [7, 11) is 0. The topological polar surface area (TPSA) is 17.1 Å². The molecule has 3 atom stereocenters. The van der Waals surface area contributed by atoms with E-state index in [-0.39, 0.29) is 20.7 Å². The first-order valence-corrected chi connectivity index (χ1v) is 4.52. The molecule has 2 fully saturated rings. The maximum Gasteiger partial charge on any atom is 0.139 e. The Morgan fingerprint density at radius 3 is 2.08 bits per heavy atom. The van der Waals surface area contributed by atoms with Gasteiger partial charge in [0.05, 0.1) is 0 Å². The fraction of sp³-hybridized carbons (Fsp3) is 0.900. The van der Waals surface area contributed by atoms with Crippen LogP contribution in [0.1, 0.15) is 40.0 Å². The highest BCUT2D eigenvalue weighted by Gasteiger charge is 2.61. The fourth-order valence-electron chi connectivity index (χ4n) is 2.90. The largest absolute Gasteiger partial charge is 0.299 e. The highest BCUT2D eigenvalue weighted by Crippen LogP contribution is 2.63. The van der Waals surface area contributed by atoms with E-state index in [2.05, 4.69) is 20.8 Å². The molecular weight excluding hydrogens is 167 g/mol. The molecule has 2 aliphatic carbocycles. The summed E-state index contributed by atoms with van der Waals surface area (Å²) >= 11 is 0. The van der Waals surface area contributed by atoms with Gasteiger partial charge < -0.3 is 0 Å². The van der Waals surface area contributed by atoms with Gasteiger partial charge in [0.15, 0.2) is 0 Å². The number of hydrogen-bond donors (Lipinski definition) is 0. The van der Waals surface area contributed by atoms with Crippen LogP contribution in [0.4, 0.5) is 0 Å². The van der Waals surface area contributed by atoms with E-state index in [1.54, 1.807) is 0 Å². The molecule has 70 valence electrons. The Balaban J connectivity index is 0.000000720. The van der Waals surface area contributed by atoms with Gasteiger partial charge in [0.25, 0.3) is 0 Å². The van der Waals surface area contributed by atoms with Crippen LogP contribution in [0.3, 0.4) is 0 Å². The Morgan fingerprint density at radius 1 is 1.33 bits per heavy atom. The zero-order chi connectivity index (χ0) is 8.28. The first-order chi connectivity index (χ1) is 4.98. The Morgan fingerprint density at radius 2 is 1.92 bits per heavy atom. The number of hydrogen-bond acceptors (Lipinski definition) is 1. The van der Waals surface area contributed by atoms with E-state index < -0.39 is 0 Å². The lowest BCUT2D eigenvalue weighted by Crippen LogP contribution is -2.32. The summed E-state index contributed by atoms with van der Waals surface area (Å²) in [4.78, 5) is 11.6. The van der Waals surface area contributed by atoms with Crippen molar-refractivity contribution in [1.82, 2.24) is 0 Å². The quantitative estimate of drug-likeness (QED) is 0.531. The van der Waals surface area contributed by atoms with Crippen LogP contribution in [-0.2, 0) is 4.79 Å². The molecule has 0 aromatic carbocycles. The molecule has 2 bridgehead atoms. The number of Topliss-reactive ketones (excluding diaryl/α,β-unsaturated/α-hetero) is 1. The zero-order valence-electron chi connectivity index (χ0n) is 8.31. The van der Waals surface area contributed by atoms with E-state index in [0.29, 0.717) is 11.7 Å². The van der Waals surface area contributed by atoms with Crippen molar-refractivity contribution in [2.24, 2.45) is 16.7 Å². The minimum absolute atomic E-state index is 0. The number of fused-ring (bicyclic) bond motifs is 2. The lowest BCUT2D eigenvalue weighted by atomic mass is 9.70. The summed E-state index contributed by atoms with van der Waals surface area (Å²) < 4.78 is 0. The van der Waals surface area contributed by atoms with Crippen LogP contribution in [-0.4, -0.2) is 5.78 Å². The third kappa shape index (κ3) is 0.865. The molecule has 0 heterocycles. The molecule has 0 N–H and O–H groups in total. The monoisotopic (exact) mass is 186 g/mol. The van der Waals surface area contributed by atoms with Gasteiger partial charge in [0.1, 0.15) is 5.78 Å². The van der Waals surface area contributed by atoms with Gasteiger partial charge in [0, 0.05) is 11.8 Å². The molecule has 3 unspecified atom stereocenters. The maximum absolute atomic E-state index is 11.6. The Bertz CT molecular complexity index is 222. The SMILES string of the molecule is CC12CCC(CC1=O)C2(C)C.P. The molecule has 0 aromatic heterocycles. The minimum atomic E-state index is 0. The average molecular weight is 186 g/mol. The minimum Gasteiger partial charge on any atom is -0.299 e. The van der Waals surface area contributed by atoms with E-state index in [0.717, 1.165) is 12.8 Å².